The molecule has 1 aliphatic heterocycles. The summed E-state index contributed by atoms with van der Waals surface area (Å²) in [6.45, 7) is 1.73. The number of hydrogen-bond donors (Lipinski definition) is 3. The van der Waals surface area contributed by atoms with Crippen molar-refractivity contribution in [3.63, 3.8) is 0 Å². The Morgan fingerprint density at radius 3 is 2.62 bits per heavy atom. The van der Waals surface area contributed by atoms with Gasteiger partial charge in [-0.3, -0.25) is 9.59 Å². The van der Waals surface area contributed by atoms with Crippen molar-refractivity contribution in [3.8, 4) is 0 Å². The summed E-state index contributed by atoms with van der Waals surface area (Å²) in [4.78, 5) is 24.2. The van der Waals surface area contributed by atoms with Gasteiger partial charge in [0.15, 0.2) is 0 Å². The average Bonchev–Trinajstić information content (AvgIpc) is 3.48. The molecular weight excluding hydrogens is 332 g/mol. The quantitative estimate of drug-likeness (QED) is 0.644. The number of carbonyl (C=O) groups is 2. The molecule has 1 aromatic carbocycles. The van der Waals surface area contributed by atoms with Gasteiger partial charge in [0.1, 0.15) is 6.10 Å². The van der Waals surface area contributed by atoms with Crippen LogP contribution in [0.25, 0.3) is 0 Å². The third-order valence-corrected chi connectivity index (χ3v) is 4.78. The largest absolute Gasteiger partial charge is 0.394 e. The van der Waals surface area contributed by atoms with E-state index >= 15 is 0 Å². The topological polar surface area (TPSA) is 87.7 Å². The van der Waals surface area contributed by atoms with Gasteiger partial charge in [-0.25, -0.2) is 0 Å². The smallest absolute Gasteiger partial charge is 0.223 e. The molecule has 0 aromatic heterocycles. The Morgan fingerprint density at radius 2 is 1.96 bits per heavy atom. The zero-order valence-corrected chi connectivity index (χ0v) is 14.9. The normalized spacial score (nSPS) is 26.2. The molecule has 2 aliphatic rings. The molecule has 4 atom stereocenters. The van der Waals surface area contributed by atoms with Gasteiger partial charge >= 0.3 is 0 Å². The molecule has 0 spiro atoms. The Bertz CT molecular complexity index is 657. The zero-order valence-electron chi connectivity index (χ0n) is 14.9. The molecule has 140 valence electrons. The third-order valence-electron chi connectivity index (χ3n) is 4.78. The fourth-order valence-corrected chi connectivity index (χ4v) is 3.07. The second kappa shape index (κ2) is 8.47. The Balaban J connectivity index is 1.51. The van der Waals surface area contributed by atoms with Crippen molar-refractivity contribution in [3.05, 3.63) is 48.0 Å². The lowest BCUT2D eigenvalue weighted by Gasteiger charge is -2.32. The van der Waals surface area contributed by atoms with Crippen molar-refractivity contribution in [2.45, 2.75) is 50.5 Å². The van der Waals surface area contributed by atoms with E-state index in [1.165, 1.54) is 0 Å². The Morgan fingerprint density at radius 1 is 1.23 bits per heavy atom. The Hall–Kier alpha value is -2.18. The predicted molar refractivity (Wildman–Crippen MR) is 97.2 cm³/mol. The molecule has 6 nitrogen and oxygen atoms in total. The molecule has 0 bridgehead atoms. The minimum absolute atomic E-state index is 0.00887. The maximum absolute atomic E-state index is 12.3. The zero-order chi connectivity index (χ0) is 18.5. The van der Waals surface area contributed by atoms with Crippen LogP contribution in [0.5, 0.6) is 0 Å². The van der Waals surface area contributed by atoms with Gasteiger partial charge in [-0.2, -0.15) is 0 Å². The minimum Gasteiger partial charge on any atom is -0.394 e. The molecule has 26 heavy (non-hydrogen) atoms. The monoisotopic (exact) mass is 358 g/mol. The minimum atomic E-state index is -0.535. The predicted octanol–water partition coefficient (Wildman–Crippen LogP) is 1.46. The summed E-state index contributed by atoms with van der Waals surface area (Å²) in [5.41, 5.74) is 1.04. The fraction of sp³-hybridized carbons (Fsp3) is 0.500. The summed E-state index contributed by atoms with van der Waals surface area (Å²) in [6.07, 6.45) is 4.69. The molecule has 2 amide bonds. The highest BCUT2D eigenvalue weighted by atomic mass is 16.5. The highest BCUT2D eigenvalue weighted by Crippen LogP contribution is 2.29. The molecule has 0 unspecified atom stereocenters. The summed E-state index contributed by atoms with van der Waals surface area (Å²) in [6, 6.07) is 9.31. The van der Waals surface area contributed by atoms with E-state index in [0.717, 1.165) is 18.4 Å². The van der Waals surface area contributed by atoms with E-state index in [9.17, 15) is 14.7 Å². The number of aliphatic hydroxyl groups excluding tert-OH is 1. The van der Waals surface area contributed by atoms with E-state index in [-0.39, 0.29) is 42.8 Å². The molecular formula is C20H26N2O4. The Labute approximate surface area is 153 Å². The van der Waals surface area contributed by atoms with Crippen LogP contribution in [0.15, 0.2) is 42.5 Å². The molecule has 3 N–H and O–H groups in total. The highest BCUT2D eigenvalue weighted by Gasteiger charge is 2.34. The molecule has 1 aliphatic carbocycles. The van der Waals surface area contributed by atoms with Gasteiger partial charge in [-0.1, -0.05) is 42.5 Å². The van der Waals surface area contributed by atoms with Crippen LogP contribution >= 0.6 is 0 Å². The molecule has 3 rings (SSSR count). The number of rotatable bonds is 7. The van der Waals surface area contributed by atoms with Crippen LogP contribution < -0.4 is 10.6 Å². The molecule has 1 saturated carbocycles. The van der Waals surface area contributed by atoms with E-state index in [1.54, 1.807) is 6.08 Å². The van der Waals surface area contributed by atoms with Gasteiger partial charge in [0.05, 0.1) is 31.2 Å². The second-order valence-corrected chi connectivity index (χ2v) is 6.99. The summed E-state index contributed by atoms with van der Waals surface area (Å²) >= 11 is 0. The van der Waals surface area contributed by atoms with Crippen molar-refractivity contribution in [1.82, 2.24) is 10.6 Å². The van der Waals surface area contributed by atoms with Gasteiger partial charge in [0.2, 0.25) is 11.8 Å². The van der Waals surface area contributed by atoms with E-state index in [4.69, 9.17) is 4.74 Å². The lowest BCUT2D eigenvalue weighted by molar-refractivity contribution is -0.129. The van der Waals surface area contributed by atoms with Crippen molar-refractivity contribution in [2.75, 3.05) is 6.61 Å². The standard InChI is InChI=1S/C20H26N2O4/c1-13(14-5-3-2-4-6-14)21-19(24)11-16-9-10-17(18(12-23)26-16)22-20(25)15-7-8-15/h2-6,9-10,13,15-18,23H,7-8,11-12H2,1H3,(H,21,24)(H,22,25)/t13-,16+,17-,18+/m1/s1. The van der Waals surface area contributed by atoms with Crippen LogP contribution in [0.1, 0.15) is 37.8 Å². The number of benzene rings is 1. The number of ether oxygens (including phenoxy) is 1. The summed E-state index contributed by atoms with van der Waals surface area (Å²) in [5.74, 6) is -0.00606. The van der Waals surface area contributed by atoms with Crippen molar-refractivity contribution < 1.29 is 19.4 Å². The SMILES string of the molecule is C[C@@H](NC(=O)C[C@@H]1C=C[C@@H](NC(=O)C2CC2)[C@H](CO)O1)c1ccccc1. The summed E-state index contributed by atoms with van der Waals surface area (Å²) in [5, 5.41) is 15.4. The molecule has 1 aromatic rings. The lowest BCUT2D eigenvalue weighted by Crippen LogP contribution is -2.49. The fourth-order valence-electron chi connectivity index (χ4n) is 3.07. The number of amides is 2. The first-order chi connectivity index (χ1) is 12.6. The Kier molecular flexibility index (Phi) is 6.06. The highest BCUT2D eigenvalue weighted by molar-refractivity contribution is 5.81. The van der Waals surface area contributed by atoms with Crippen molar-refractivity contribution in [2.24, 2.45) is 5.92 Å². The first kappa shape index (κ1) is 18.6. The van der Waals surface area contributed by atoms with Crippen LogP contribution in [-0.4, -0.2) is 41.8 Å². The van der Waals surface area contributed by atoms with E-state index in [2.05, 4.69) is 10.6 Å². The average molecular weight is 358 g/mol. The number of nitrogens with one attached hydrogen (secondary N) is 2. The van der Waals surface area contributed by atoms with Crippen molar-refractivity contribution >= 4 is 11.8 Å². The molecule has 0 radical (unpaired) electrons. The van der Waals surface area contributed by atoms with Crippen LogP contribution in [0.3, 0.4) is 0 Å². The van der Waals surface area contributed by atoms with E-state index < -0.39 is 12.2 Å². The van der Waals surface area contributed by atoms with Gasteiger partial charge < -0.3 is 20.5 Å². The second-order valence-electron chi connectivity index (χ2n) is 6.99. The molecule has 1 heterocycles. The third kappa shape index (κ3) is 4.93. The van der Waals surface area contributed by atoms with Gasteiger partial charge in [0.25, 0.3) is 0 Å². The summed E-state index contributed by atoms with van der Waals surface area (Å²) in [7, 11) is 0. The lowest BCUT2D eigenvalue weighted by atomic mass is 10.0. The number of hydrogen-bond acceptors (Lipinski definition) is 4. The summed E-state index contributed by atoms with van der Waals surface area (Å²) < 4.78 is 5.79. The van der Waals surface area contributed by atoms with Crippen LogP contribution in [0.2, 0.25) is 0 Å². The van der Waals surface area contributed by atoms with Crippen LogP contribution in [0.4, 0.5) is 0 Å². The first-order valence-electron chi connectivity index (χ1n) is 9.16. The van der Waals surface area contributed by atoms with Crippen molar-refractivity contribution in [1.29, 1.82) is 0 Å². The number of aliphatic hydroxyl groups is 1. The maximum Gasteiger partial charge on any atom is 0.223 e. The van der Waals surface area contributed by atoms with E-state index in [0.29, 0.717) is 0 Å². The van der Waals surface area contributed by atoms with Crippen LogP contribution in [-0.2, 0) is 14.3 Å². The maximum atomic E-state index is 12.3. The first-order valence-corrected chi connectivity index (χ1v) is 9.16. The van der Waals surface area contributed by atoms with Gasteiger partial charge in [0, 0.05) is 5.92 Å². The van der Waals surface area contributed by atoms with Crippen LogP contribution in [0, 0.1) is 5.92 Å². The molecule has 1 fully saturated rings. The van der Waals surface area contributed by atoms with Gasteiger partial charge in [-0.15, -0.1) is 0 Å². The van der Waals surface area contributed by atoms with E-state index in [1.807, 2.05) is 43.3 Å². The molecule has 6 heteroatoms. The number of carbonyl (C=O) groups excluding carboxylic acids is 2. The van der Waals surface area contributed by atoms with Gasteiger partial charge in [-0.05, 0) is 25.3 Å². The molecule has 0 saturated heterocycles.